The Bertz CT molecular complexity index is 3220. The molecule has 0 amide bonds. The third kappa shape index (κ3) is 5.96. The summed E-state index contributed by atoms with van der Waals surface area (Å²) in [5.41, 5.74) is 17.5. The zero-order valence-electron chi connectivity index (χ0n) is 33.0. The Morgan fingerprint density at radius 3 is 1.58 bits per heavy atom. The molecule has 0 aliphatic heterocycles. The van der Waals surface area contributed by atoms with Gasteiger partial charge in [0.15, 0.2) is 5.82 Å². The van der Waals surface area contributed by atoms with Crippen molar-refractivity contribution in [1.29, 1.82) is 0 Å². The van der Waals surface area contributed by atoms with Crippen molar-refractivity contribution in [2.75, 3.05) is 0 Å². The van der Waals surface area contributed by atoms with Gasteiger partial charge >= 0.3 is 0 Å². The molecule has 0 fully saturated rings. The van der Waals surface area contributed by atoms with Gasteiger partial charge in [0.05, 0.1) is 11.4 Å². The molecule has 0 bridgehead atoms. The molecule has 0 atom stereocenters. The van der Waals surface area contributed by atoms with Crippen LogP contribution in [0.25, 0.3) is 100.0 Å². The van der Waals surface area contributed by atoms with Crippen LogP contribution in [0.2, 0.25) is 0 Å². The fraction of sp³-hybridized carbons (Fsp3) is 0.0526. The average molecular weight is 753 g/mol. The molecule has 0 N–H and O–H groups in total. The van der Waals surface area contributed by atoms with Crippen LogP contribution in [0.4, 0.5) is 0 Å². The number of rotatable bonds is 6. The Balaban J connectivity index is 0.994. The molecule has 1 aliphatic rings. The fourth-order valence-corrected chi connectivity index (χ4v) is 9.34. The molecule has 9 aromatic carbocycles. The van der Waals surface area contributed by atoms with Gasteiger partial charge in [-0.2, -0.15) is 0 Å². The van der Waals surface area contributed by atoms with Gasteiger partial charge in [-0.25, -0.2) is 9.97 Å². The van der Waals surface area contributed by atoms with E-state index in [9.17, 15) is 0 Å². The topological polar surface area (TPSA) is 25.8 Å². The zero-order valence-corrected chi connectivity index (χ0v) is 33.0. The normalized spacial score (nSPS) is 12.7. The number of fused-ring (bicyclic) bond motifs is 5. The number of hydrogen-bond acceptors (Lipinski definition) is 2. The van der Waals surface area contributed by atoms with E-state index < -0.39 is 0 Å². The molecule has 1 heterocycles. The van der Waals surface area contributed by atoms with Crippen LogP contribution in [-0.2, 0) is 5.41 Å². The predicted molar refractivity (Wildman–Crippen MR) is 247 cm³/mol. The molecule has 59 heavy (non-hydrogen) atoms. The van der Waals surface area contributed by atoms with E-state index in [1.54, 1.807) is 0 Å². The predicted octanol–water partition coefficient (Wildman–Crippen LogP) is 15.1. The lowest BCUT2D eigenvalue weighted by Gasteiger charge is -2.25. The third-order valence-corrected chi connectivity index (χ3v) is 12.3. The average Bonchev–Trinajstić information content (AvgIpc) is 3.53. The van der Waals surface area contributed by atoms with Crippen molar-refractivity contribution >= 4 is 21.5 Å². The minimum atomic E-state index is -0.125. The van der Waals surface area contributed by atoms with Gasteiger partial charge in [0.25, 0.3) is 0 Å². The van der Waals surface area contributed by atoms with Crippen molar-refractivity contribution in [3.05, 3.63) is 217 Å². The van der Waals surface area contributed by atoms with Crippen LogP contribution in [0, 0.1) is 0 Å². The number of aromatic nitrogens is 2. The largest absolute Gasteiger partial charge is 0.228 e. The Labute approximate surface area is 345 Å². The van der Waals surface area contributed by atoms with Crippen LogP contribution in [0.1, 0.15) is 25.0 Å². The van der Waals surface area contributed by atoms with Crippen LogP contribution in [0.5, 0.6) is 0 Å². The van der Waals surface area contributed by atoms with Crippen LogP contribution in [0.3, 0.4) is 0 Å². The van der Waals surface area contributed by atoms with Crippen LogP contribution >= 0.6 is 0 Å². The molecule has 0 radical (unpaired) electrons. The summed E-state index contributed by atoms with van der Waals surface area (Å²) in [4.78, 5) is 10.5. The molecule has 1 aromatic heterocycles. The summed E-state index contributed by atoms with van der Waals surface area (Å²) in [5.74, 6) is 0.707. The van der Waals surface area contributed by atoms with Gasteiger partial charge in [0.2, 0.25) is 0 Å². The summed E-state index contributed by atoms with van der Waals surface area (Å²) in [6.45, 7) is 4.75. The van der Waals surface area contributed by atoms with Crippen LogP contribution in [0.15, 0.2) is 206 Å². The molecule has 2 heteroatoms. The van der Waals surface area contributed by atoms with E-state index in [0.29, 0.717) is 5.82 Å². The molecule has 2 nitrogen and oxygen atoms in total. The molecule has 0 saturated heterocycles. The molecule has 10 aromatic rings. The Kier molecular flexibility index (Phi) is 8.20. The van der Waals surface area contributed by atoms with Crippen molar-refractivity contribution in [2.24, 2.45) is 0 Å². The highest BCUT2D eigenvalue weighted by Crippen LogP contribution is 2.53. The molecule has 0 spiro atoms. The Morgan fingerprint density at radius 2 is 0.847 bits per heavy atom. The van der Waals surface area contributed by atoms with E-state index in [2.05, 4.69) is 214 Å². The second-order valence-electron chi connectivity index (χ2n) is 16.2. The summed E-state index contributed by atoms with van der Waals surface area (Å²) >= 11 is 0. The van der Waals surface area contributed by atoms with Gasteiger partial charge in [-0.15, -0.1) is 0 Å². The molecular weight excluding hydrogens is 713 g/mol. The zero-order chi connectivity index (χ0) is 39.5. The monoisotopic (exact) mass is 752 g/mol. The lowest BCUT2D eigenvalue weighted by molar-refractivity contribution is 0.663. The standard InChI is InChI=1S/C57H40N2/c1-57(2)52-35-43-20-10-9-19-42(43)34-51(52)49-26-14-25-46(55(49)57)39-29-27-38(28-30-39)45-31-32-50(48-24-12-11-23-47(45)48)56-58-53(40-17-7-4-8-18-40)36-54(59-56)44-22-13-21-41(33-44)37-15-5-3-6-16-37/h3-36H,1-2H3. The second kappa shape index (κ2) is 13.9. The first kappa shape index (κ1) is 34.8. The number of benzene rings is 9. The first-order valence-corrected chi connectivity index (χ1v) is 20.4. The second-order valence-corrected chi connectivity index (χ2v) is 16.2. The van der Waals surface area contributed by atoms with Gasteiger partial charge in [-0.1, -0.05) is 190 Å². The summed E-state index contributed by atoms with van der Waals surface area (Å²) < 4.78 is 0. The molecule has 11 rings (SSSR count). The SMILES string of the molecule is CC1(C)c2cc3ccccc3cc2-c2cccc(-c3ccc(-c4ccc(-c5nc(-c6ccccc6)cc(-c6cccc(-c7ccccc7)c6)n5)c5ccccc45)cc3)c21. The molecule has 1 aliphatic carbocycles. The molecule has 0 unspecified atom stereocenters. The van der Waals surface area contributed by atoms with Crippen molar-refractivity contribution in [2.45, 2.75) is 19.3 Å². The van der Waals surface area contributed by atoms with Crippen LogP contribution < -0.4 is 0 Å². The van der Waals surface area contributed by atoms with E-state index in [1.807, 2.05) is 6.07 Å². The number of nitrogens with zero attached hydrogens (tertiary/aromatic N) is 2. The minimum absolute atomic E-state index is 0.125. The maximum atomic E-state index is 5.29. The van der Waals surface area contributed by atoms with Gasteiger partial charge < -0.3 is 0 Å². The number of hydrogen-bond donors (Lipinski definition) is 0. The summed E-state index contributed by atoms with van der Waals surface area (Å²) in [6.07, 6.45) is 0. The lowest BCUT2D eigenvalue weighted by atomic mass is 9.78. The van der Waals surface area contributed by atoms with Gasteiger partial charge in [-0.05, 0) is 108 Å². The minimum Gasteiger partial charge on any atom is -0.228 e. The lowest BCUT2D eigenvalue weighted by Crippen LogP contribution is -2.16. The molecule has 278 valence electrons. The highest BCUT2D eigenvalue weighted by atomic mass is 14.9. The summed E-state index contributed by atoms with van der Waals surface area (Å²) in [6, 6.07) is 74.2. The molecule has 0 saturated carbocycles. The summed E-state index contributed by atoms with van der Waals surface area (Å²) in [7, 11) is 0. The highest BCUT2D eigenvalue weighted by Gasteiger charge is 2.37. The van der Waals surface area contributed by atoms with E-state index in [-0.39, 0.29) is 5.41 Å². The Morgan fingerprint density at radius 1 is 0.322 bits per heavy atom. The molecular formula is C57H40N2. The maximum Gasteiger partial charge on any atom is 0.161 e. The quantitative estimate of drug-likeness (QED) is 0.169. The third-order valence-electron chi connectivity index (χ3n) is 12.3. The van der Waals surface area contributed by atoms with Crippen molar-refractivity contribution in [3.63, 3.8) is 0 Å². The van der Waals surface area contributed by atoms with Crippen LogP contribution in [-0.4, -0.2) is 9.97 Å². The fourth-order valence-electron chi connectivity index (χ4n) is 9.34. The van der Waals surface area contributed by atoms with Crippen molar-refractivity contribution in [3.8, 4) is 78.4 Å². The Hall–Kier alpha value is -7.42. The van der Waals surface area contributed by atoms with E-state index >= 15 is 0 Å². The maximum absolute atomic E-state index is 5.29. The van der Waals surface area contributed by atoms with E-state index in [0.717, 1.165) is 39.0 Å². The van der Waals surface area contributed by atoms with Crippen molar-refractivity contribution in [1.82, 2.24) is 9.97 Å². The highest BCUT2D eigenvalue weighted by molar-refractivity contribution is 6.04. The van der Waals surface area contributed by atoms with Gasteiger partial charge in [0, 0.05) is 22.1 Å². The first-order chi connectivity index (χ1) is 29.0. The van der Waals surface area contributed by atoms with Gasteiger partial charge in [0.1, 0.15) is 0 Å². The smallest absolute Gasteiger partial charge is 0.161 e. The van der Waals surface area contributed by atoms with E-state index in [4.69, 9.17) is 9.97 Å². The van der Waals surface area contributed by atoms with Gasteiger partial charge in [-0.3, -0.25) is 0 Å². The summed E-state index contributed by atoms with van der Waals surface area (Å²) in [5, 5.41) is 4.87. The first-order valence-electron chi connectivity index (χ1n) is 20.4. The van der Waals surface area contributed by atoms with Crippen molar-refractivity contribution < 1.29 is 0 Å². The van der Waals surface area contributed by atoms with E-state index in [1.165, 1.54) is 66.2 Å².